The highest BCUT2D eigenvalue weighted by molar-refractivity contribution is 5.76. The first-order valence-electron chi connectivity index (χ1n) is 9.70. The van der Waals surface area contributed by atoms with Gasteiger partial charge in [-0.25, -0.2) is 4.79 Å². The Morgan fingerprint density at radius 1 is 0.897 bits per heavy atom. The number of benzene rings is 2. The normalized spacial score (nSPS) is 14.4. The molecule has 5 nitrogen and oxygen atoms in total. The van der Waals surface area contributed by atoms with Crippen molar-refractivity contribution in [3.8, 4) is 0 Å². The van der Waals surface area contributed by atoms with Crippen LogP contribution in [0.4, 0.5) is 0 Å². The first-order valence-corrected chi connectivity index (χ1v) is 9.70. The van der Waals surface area contributed by atoms with Gasteiger partial charge in [0, 0.05) is 13.0 Å². The predicted molar refractivity (Wildman–Crippen MR) is 112 cm³/mol. The summed E-state index contributed by atoms with van der Waals surface area (Å²) in [5, 5.41) is 0. The lowest BCUT2D eigenvalue weighted by Gasteiger charge is -2.23. The first-order chi connectivity index (χ1) is 14.1. The van der Waals surface area contributed by atoms with Gasteiger partial charge >= 0.3 is 5.97 Å². The number of rotatable bonds is 12. The van der Waals surface area contributed by atoms with Crippen LogP contribution in [0.25, 0.3) is 0 Å². The molecule has 0 saturated carbocycles. The van der Waals surface area contributed by atoms with Crippen molar-refractivity contribution in [3.05, 3.63) is 83.9 Å². The second-order valence-electron chi connectivity index (χ2n) is 6.76. The van der Waals surface area contributed by atoms with E-state index in [-0.39, 0.29) is 12.0 Å². The van der Waals surface area contributed by atoms with E-state index in [9.17, 15) is 4.79 Å². The molecule has 3 atom stereocenters. The van der Waals surface area contributed by atoms with Gasteiger partial charge in [-0.3, -0.25) is 0 Å². The Balaban J connectivity index is 1.98. The lowest BCUT2D eigenvalue weighted by atomic mass is 10.0. The molecule has 0 aliphatic heterocycles. The van der Waals surface area contributed by atoms with Crippen molar-refractivity contribution in [1.29, 1.82) is 0 Å². The Bertz CT molecular complexity index is 729. The predicted octanol–water partition coefficient (Wildman–Crippen LogP) is 4.17. The zero-order chi connectivity index (χ0) is 20.9. The fraction of sp³-hybridized carbons (Fsp3) is 0.375. The van der Waals surface area contributed by atoms with Crippen LogP contribution in [-0.2, 0) is 37.0 Å². The molecular weight excluding hydrogens is 368 g/mol. The van der Waals surface area contributed by atoms with Gasteiger partial charge in [0.05, 0.1) is 33.0 Å². The number of hydrogen-bond acceptors (Lipinski definition) is 5. The second kappa shape index (κ2) is 12.9. The second-order valence-corrected chi connectivity index (χ2v) is 6.76. The molecule has 2 aromatic carbocycles. The lowest BCUT2D eigenvalue weighted by Crippen LogP contribution is -2.27. The molecule has 0 aliphatic rings. The van der Waals surface area contributed by atoms with Crippen molar-refractivity contribution in [2.24, 2.45) is 5.92 Å². The fourth-order valence-corrected chi connectivity index (χ4v) is 2.77. The van der Waals surface area contributed by atoms with Gasteiger partial charge in [0.1, 0.15) is 0 Å². The molecule has 29 heavy (non-hydrogen) atoms. The van der Waals surface area contributed by atoms with Crippen molar-refractivity contribution in [1.82, 2.24) is 0 Å². The van der Waals surface area contributed by atoms with Gasteiger partial charge in [0.15, 0.2) is 6.10 Å². The standard InChI is InChI=1S/C24H30O5/c1-19(14-15-22(26-2)24(25)27-3)23(29-17-21-12-8-5-9-13-21)18-28-16-20-10-6-4-7-11-20/h4-15,19,22-23H,16-18H2,1-3H3/b15-14+/t19-,22+,23-/m0/s1. The van der Waals surface area contributed by atoms with Gasteiger partial charge in [0.2, 0.25) is 0 Å². The van der Waals surface area contributed by atoms with Crippen LogP contribution in [0.5, 0.6) is 0 Å². The summed E-state index contributed by atoms with van der Waals surface area (Å²) in [5.74, 6) is -0.421. The third-order valence-corrected chi connectivity index (χ3v) is 4.56. The minimum atomic E-state index is -0.734. The smallest absolute Gasteiger partial charge is 0.339 e. The molecule has 0 saturated heterocycles. The van der Waals surface area contributed by atoms with Gasteiger partial charge in [-0.2, -0.15) is 0 Å². The molecule has 0 fully saturated rings. The quantitative estimate of drug-likeness (QED) is 0.397. The maximum absolute atomic E-state index is 11.7. The summed E-state index contributed by atoms with van der Waals surface area (Å²) in [6.45, 7) is 3.47. The number of esters is 1. The molecule has 0 radical (unpaired) electrons. The highest BCUT2D eigenvalue weighted by Gasteiger charge is 2.19. The summed E-state index contributed by atoms with van der Waals surface area (Å²) in [6, 6.07) is 20.0. The van der Waals surface area contributed by atoms with Crippen LogP contribution in [0.15, 0.2) is 72.8 Å². The summed E-state index contributed by atoms with van der Waals surface area (Å²) in [7, 11) is 2.82. The van der Waals surface area contributed by atoms with Crippen LogP contribution in [0.1, 0.15) is 18.1 Å². The van der Waals surface area contributed by atoms with Crippen LogP contribution >= 0.6 is 0 Å². The summed E-state index contributed by atoms with van der Waals surface area (Å²) in [4.78, 5) is 11.7. The molecule has 0 bridgehead atoms. The van der Waals surface area contributed by atoms with Gasteiger partial charge in [-0.15, -0.1) is 0 Å². The van der Waals surface area contributed by atoms with Crippen LogP contribution in [0.2, 0.25) is 0 Å². The number of carbonyl (C=O) groups excluding carboxylic acids is 1. The van der Waals surface area contributed by atoms with E-state index < -0.39 is 12.1 Å². The third kappa shape index (κ3) is 8.20. The Morgan fingerprint density at radius 2 is 1.48 bits per heavy atom. The molecule has 0 aromatic heterocycles. The molecule has 0 unspecified atom stereocenters. The van der Waals surface area contributed by atoms with Crippen molar-refractivity contribution >= 4 is 5.97 Å². The first kappa shape index (κ1) is 22.8. The molecule has 0 amide bonds. The van der Waals surface area contributed by atoms with Crippen LogP contribution in [-0.4, -0.2) is 39.0 Å². The topological polar surface area (TPSA) is 54.0 Å². The molecule has 156 valence electrons. The Morgan fingerprint density at radius 3 is 2.03 bits per heavy atom. The monoisotopic (exact) mass is 398 g/mol. The van der Waals surface area contributed by atoms with Crippen molar-refractivity contribution in [3.63, 3.8) is 0 Å². The summed E-state index contributed by atoms with van der Waals surface area (Å²) < 4.78 is 22.0. The van der Waals surface area contributed by atoms with Crippen molar-refractivity contribution in [2.75, 3.05) is 20.8 Å². The highest BCUT2D eigenvalue weighted by atomic mass is 16.6. The molecule has 2 aromatic rings. The highest BCUT2D eigenvalue weighted by Crippen LogP contribution is 2.15. The van der Waals surface area contributed by atoms with Crippen LogP contribution in [0.3, 0.4) is 0 Å². The molecule has 0 N–H and O–H groups in total. The molecule has 0 spiro atoms. The van der Waals surface area contributed by atoms with E-state index >= 15 is 0 Å². The minimum Gasteiger partial charge on any atom is -0.467 e. The van der Waals surface area contributed by atoms with E-state index in [1.54, 1.807) is 6.08 Å². The Labute approximate surface area is 173 Å². The minimum absolute atomic E-state index is 0.0109. The van der Waals surface area contributed by atoms with Crippen molar-refractivity contribution < 1.29 is 23.7 Å². The largest absolute Gasteiger partial charge is 0.467 e. The molecular formula is C24H30O5. The van der Waals surface area contributed by atoms with Gasteiger partial charge in [-0.1, -0.05) is 73.7 Å². The maximum atomic E-state index is 11.7. The maximum Gasteiger partial charge on any atom is 0.339 e. The lowest BCUT2D eigenvalue weighted by molar-refractivity contribution is -0.149. The molecule has 0 aliphatic carbocycles. The summed E-state index contributed by atoms with van der Waals surface area (Å²) >= 11 is 0. The summed E-state index contributed by atoms with van der Waals surface area (Å²) in [5.41, 5.74) is 2.21. The number of ether oxygens (including phenoxy) is 4. The van der Waals surface area contributed by atoms with Gasteiger partial charge in [-0.05, 0) is 17.2 Å². The zero-order valence-electron chi connectivity index (χ0n) is 17.3. The van der Waals surface area contributed by atoms with Crippen molar-refractivity contribution in [2.45, 2.75) is 32.3 Å². The SMILES string of the molecule is COC(=O)[C@@H](/C=C/[C@H](C)[C@H](COCc1ccccc1)OCc1ccccc1)OC. The average Bonchev–Trinajstić information content (AvgIpc) is 2.77. The van der Waals surface area contributed by atoms with E-state index in [0.29, 0.717) is 19.8 Å². The van der Waals surface area contributed by atoms with Gasteiger partial charge < -0.3 is 18.9 Å². The average molecular weight is 398 g/mol. The Hall–Kier alpha value is -2.47. The van der Waals surface area contributed by atoms with E-state index in [4.69, 9.17) is 18.9 Å². The number of hydrogen-bond donors (Lipinski definition) is 0. The van der Waals surface area contributed by atoms with E-state index in [1.807, 2.05) is 73.7 Å². The molecule has 2 rings (SSSR count). The fourth-order valence-electron chi connectivity index (χ4n) is 2.77. The van der Waals surface area contributed by atoms with E-state index in [1.165, 1.54) is 14.2 Å². The van der Waals surface area contributed by atoms with E-state index in [0.717, 1.165) is 11.1 Å². The molecule has 0 heterocycles. The van der Waals surface area contributed by atoms with E-state index in [2.05, 4.69) is 0 Å². The van der Waals surface area contributed by atoms with Crippen LogP contribution in [0, 0.1) is 5.92 Å². The zero-order valence-corrected chi connectivity index (χ0v) is 17.3. The number of carbonyl (C=O) groups is 1. The number of methoxy groups -OCH3 is 2. The van der Waals surface area contributed by atoms with Gasteiger partial charge in [0.25, 0.3) is 0 Å². The Kier molecular flexibility index (Phi) is 10.1. The third-order valence-electron chi connectivity index (χ3n) is 4.56. The summed E-state index contributed by atoms with van der Waals surface area (Å²) in [6.07, 6.45) is 2.70. The molecule has 5 heteroatoms. The van der Waals surface area contributed by atoms with Crippen LogP contribution < -0.4 is 0 Å².